The molecule has 1 aromatic heterocycles. The highest BCUT2D eigenvalue weighted by atomic mass is 19.1. The third-order valence-electron chi connectivity index (χ3n) is 2.75. The highest BCUT2D eigenvalue weighted by Crippen LogP contribution is 2.27. The summed E-state index contributed by atoms with van der Waals surface area (Å²) in [5.41, 5.74) is 6.79. The fraction of sp³-hybridized carbons (Fsp3) is 0. The number of hydrogen-bond donors (Lipinski definition) is 2. The zero-order valence-corrected chi connectivity index (χ0v) is 9.55. The molecule has 2 aromatic carbocycles. The third-order valence-corrected chi connectivity index (χ3v) is 2.75. The number of hydrogen-bond acceptors (Lipinski definition) is 2. The summed E-state index contributed by atoms with van der Waals surface area (Å²) >= 11 is 0. The van der Waals surface area contributed by atoms with Crippen LogP contribution in [0.3, 0.4) is 0 Å². The highest BCUT2D eigenvalue weighted by molar-refractivity contribution is 5.82. The summed E-state index contributed by atoms with van der Waals surface area (Å²) in [7, 11) is 0. The smallest absolute Gasteiger partial charge is 0.144 e. The van der Waals surface area contributed by atoms with Gasteiger partial charge in [0.2, 0.25) is 0 Å². The molecule has 0 amide bonds. The first-order valence-corrected chi connectivity index (χ1v) is 5.45. The topological polar surface area (TPSA) is 54.7 Å². The second-order valence-corrected chi connectivity index (χ2v) is 4.11. The monoisotopic (exact) mass is 263 g/mol. The van der Waals surface area contributed by atoms with Gasteiger partial charge in [0, 0.05) is 17.8 Å². The van der Waals surface area contributed by atoms with Crippen LogP contribution in [0, 0.1) is 17.5 Å². The van der Waals surface area contributed by atoms with E-state index in [9.17, 15) is 13.2 Å². The van der Waals surface area contributed by atoms with Crippen molar-refractivity contribution in [3.8, 4) is 11.4 Å². The second-order valence-electron chi connectivity index (χ2n) is 4.11. The van der Waals surface area contributed by atoms with Gasteiger partial charge in [0.05, 0.1) is 16.6 Å². The van der Waals surface area contributed by atoms with Crippen LogP contribution in [0.4, 0.5) is 18.9 Å². The van der Waals surface area contributed by atoms with Crippen molar-refractivity contribution in [2.45, 2.75) is 0 Å². The Labute approximate surface area is 105 Å². The summed E-state index contributed by atoms with van der Waals surface area (Å²) in [6.07, 6.45) is 0. The van der Waals surface area contributed by atoms with Crippen LogP contribution in [0.1, 0.15) is 0 Å². The quantitative estimate of drug-likeness (QED) is 0.662. The van der Waals surface area contributed by atoms with Crippen molar-refractivity contribution < 1.29 is 13.2 Å². The van der Waals surface area contributed by atoms with E-state index in [-0.39, 0.29) is 5.82 Å². The van der Waals surface area contributed by atoms with Gasteiger partial charge in [-0.05, 0) is 18.2 Å². The molecule has 6 heteroatoms. The number of nitrogens with two attached hydrogens (primary N) is 1. The minimum Gasteiger partial charge on any atom is -0.399 e. The van der Waals surface area contributed by atoms with Gasteiger partial charge in [-0.3, -0.25) is 0 Å². The van der Waals surface area contributed by atoms with Crippen LogP contribution < -0.4 is 5.73 Å². The van der Waals surface area contributed by atoms with Crippen LogP contribution in [0.2, 0.25) is 0 Å². The summed E-state index contributed by atoms with van der Waals surface area (Å²) in [5, 5.41) is 0. The number of halogens is 3. The van der Waals surface area contributed by atoms with Crippen molar-refractivity contribution in [2.75, 3.05) is 5.73 Å². The molecule has 0 aliphatic rings. The first kappa shape index (κ1) is 11.6. The number of anilines is 1. The van der Waals surface area contributed by atoms with Gasteiger partial charge in [0.25, 0.3) is 0 Å². The first-order chi connectivity index (χ1) is 9.04. The van der Waals surface area contributed by atoms with E-state index in [0.717, 1.165) is 0 Å². The highest BCUT2D eigenvalue weighted by Gasteiger charge is 2.17. The zero-order valence-electron chi connectivity index (χ0n) is 9.55. The Kier molecular flexibility index (Phi) is 2.45. The molecule has 0 bridgehead atoms. The number of imidazole rings is 1. The molecule has 3 nitrogen and oxygen atoms in total. The number of aromatic nitrogens is 2. The summed E-state index contributed by atoms with van der Waals surface area (Å²) in [6, 6.07) is 6.08. The van der Waals surface area contributed by atoms with E-state index >= 15 is 0 Å². The van der Waals surface area contributed by atoms with Crippen LogP contribution >= 0.6 is 0 Å². The molecule has 1 heterocycles. The largest absolute Gasteiger partial charge is 0.399 e. The number of rotatable bonds is 1. The summed E-state index contributed by atoms with van der Waals surface area (Å²) in [4.78, 5) is 6.82. The van der Waals surface area contributed by atoms with E-state index in [1.807, 2.05) is 0 Å². The molecule has 19 heavy (non-hydrogen) atoms. The summed E-state index contributed by atoms with van der Waals surface area (Å²) < 4.78 is 40.1. The lowest BCUT2D eigenvalue weighted by atomic mass is 10.2. The molecule has 3 N–H and O–H groups in total. The lowest BCUT2D eigenvalue weighted by Crippen LogP contribution is -1.93. The average Bonchev–Trinajstić information content (AvgIpc) is 2.69. The maximum atomic E-state index is 13.6. The van der Waals surface area contributed by atoms with Crippen molar-refractivity contribution in [1.29, 1.82) is 0 Å². The lowest BCUT2D eigenvalue weighted by molar-refractivity contribution is 0.547. The fourth-order valence-corrected chi connectivity index (χ4v) is 1.91. The SMILES string of the molecule is Nc1ccc2nc(-c3c(F)cc(F)cc3F)[nH]c2c1. The molecule has 0 spiro atoms. The van der Waals surface area contributed by atoms with Crippen LogP contribution in [-0.2, 0) is 0 Å². The molecule has 0 aliphatic carbocycles. The van der Waals surface area contributed by atoms with Crippen molar-refractivity contribution in [2.24, 2.45) is 0 Å². The molecular formula is C13H8F3N3. The zero-order chi connectivity index (χ0) is 13.6. The maximum Gasteiger partial charge on any atom is 0.144 e. The van der Waals surface area contributed by atoms with E-state index in [0.29, 0.717) is 28.9 Å². The van der Waals surface area contributed by atoms with E-state index in [1.165, 1.54) is 0 Å². The minimum absolute atomic E-state index is 0.00407. The van der Waals surface area contributed by atoms with Crippen molar-refractivity contribution in [3.63, 3.8) is 0 Å². The number of fused-ring (bicyclic) bond motifs is 1. The van der Waals surface area contributed by atoms with Crippen molar-refractivity contribution >= 4 is 16.7 Å². The second kappa shape index (κ2) is 4.01. The van der Waals surface area contributed by atoms with Gasteiger partial charge in [-0.15, -0.1) is 0 Å². The number of aromatic amines is 1. The molecule has 3 aromatic rings. The van der Waals surface area contributed by atoms with Gasteiger partial charge in [-0.1, -0.05) is 0 Å². The average molecular weight is 263 g/mol. The Morgan fingerprint density at radius 3 is 2.37 bits per heavy atom. The number of nitrogens with zero attached hydrogens (tertiary/aromatic N) is 1. The van der Waals surface area contributed by atoms with E-state index < -0.39 is 23.0 Å². The molecule has 0 unspecified atom stereocenters. The molecular weight excluding hydrogens is 255 g/mol. The van der Waals surface area contributed by atoms with Crippen LogP contribution in [-0.4, -0.2) is 9.97 Å². The van der Waals surface area contributed by atoms with Gasteiger partial charge in [0.1, 0.15) is 23.3 Å². The molecule has 0 saturated heterocycles. The summed E-state index contributed by atoms with van der Waals surface area (Å²) in [5.74, 6) is -3.00. The Morgan fingerprint density at radius 2 is 1.68 bits per heavy atom. The lowest BCUT2D eigenvalue weighted by Gasteiger charge is -2.01. The third kappa shape index (κ3) is 1.91. The van der Waals surface area contributed by atoms with Gasteiger partial charge in [-0.25, -0.2) is 18.2 Å². The molecule has 3 rings (SSSR count). The van der Waals surface area contributed by atoms with Gasteiger partial charge in [0.15, 0.2) is 0 Å². The Morgan fingerprint density at radius 1 is 1.00 bits per heavy atom. The Hall–Kier alpha value is -2.50. The van der Waals surface area contributed by atoms with E-state index in [1.54, 1.807) is 18.2 Å². The standard InChI is InChI=1S/C13H8F3N3/c14-6-3-8(15)12(9(16)4-6)13-18-10-2-1-7(17)5-11(10)19-13/h1-5H,17H2,(H,18,19). The molecule has 0 aliphatic heterocycles. The van der Waals surface area contributed by atoms with Crippen LogP contribution in [0.15, 0.2) is 30.3 Å². The Balaban J connectivity index is 2.24. The van der Waals surface area contributed by atoms with Gasteiger partial charge in [-0.2, -0.15) is 0 Å². The molecule has 0 saturated carbocycles. The van der Waals surface area contributed by atoms with Crippen LogP contribution in [0.25, 0.3) is 22.4 Å². The number of benzene rings is 2. The summed E-state index contributed by atoms with van der Waals surface area (Å²) in [6.45, 7) is 0. The predicted molar refractivity (Wildman–Crippen MR) is 65.8 cm³/mol. The Bertz CT molecular complexity index is 757. The number of nitrogens with one attached hydrogen (secondary N) is 1. The van der Waals surface area contributed by atoms with Crippen molar-refractivity contribution in [1.82, 2.24) is 9.97 Å². The number of nitrogen functional groups attached to an aromatic ring is 1. The predicted octanol–water partition coefficient (Wildman–Crippen LogP) is 3.23. The fourth-order valence-electron chi connectivity index (χ4n) is 1.91. The first-order valence-electron chi connectivity index (χ1n) is 5.45. The molecule has 0 fully saturated rings. The van der Waals surface area contributed by atoms with E-state index in [2.05, 4.69) is 9.97 Å². The van der Waals surface area contributed by atoms with Crippen LogP contribution in [0.5, 0.6) is 0 Å². The minimum atomic E-state index is -1.01. The number of H-pyrrole nitrogens is 1. The van der Waals surface area contributed by atoms with Gasteiger partial charge < -0.3 is 10.7 Å². The molecule has 0 atom stereocenters. The van der Waals surface area contributed by atoms with Gasteiger partial charge >= 0.3 is 0 Å². The van der Waals surface area contributed by atoms with E-state index in [4.69, 9.17) is 5.73 Å². The molecule has 0 radical (unpaired) electrons. The van der Waals surface area contributed by atoms with Crippen molar-refractivity contribution in [3.05, 3.63) is 47.8 Å². The normalized spacial score (nSPS) is 11.1. The molecule has 96 valence electrons. The maximum absolute atomic E-state index is 13.6.